The van der Waals surface area contributed by atoms with Crippen molar-refractivity contribution in [2.24, 2.45) is 0 Å². The summed E-state index contributed by atoms with van der Waals surface area (Å²) in [6.07, 6.45) is 7.54. The summed E-state index contributed by atoms with van der Waals surface area (Å²) >= 11 is 7.96. The minimum absolute atomic E-state index is 0.172. The average molecular weight is 736 g/mol. The molecule has 0 bridgehead atoms. The summed E-state index contributed by atoms with van der Waals surface area (Å²) < 4.78 is 7.15. The van der Waals surface area contributed by atoms with E-state index in [0.717, 1.165) is 9.60 Å². The van der Waals surface area contributed by atoms with Crippen LogP contribution in [0, 0.1) is 143 Å². The molecule has 5 aromatic rings. The van der Waals surface area contributed by atoms with Gasteiger partial charge in [-0.1, -0.05) is 48.0 Å². The van der Waals surface area contributed by atoms with Crippen LogP contribution >= 0.6 is 22.9 Å². The van der Waals surface area contributed by atoms with Gasteiger partial charge in [0.15, 0.2) is 25.9 Å². The molecule has 0 spiro atoms. The van der Waals surface area contributed by atoms with E-state index in [2.05, 4.69) is 167 Å². The van der Waals surface area contributed by atoms with E-state index in [9.17, 15) is 4.79 Å². The lowest BCUT2D eigenvalue weighted by Crippen LogP contribution is -2.06. The number of hydrogen-bond acceptors (Lipinski definition) is 3. The topological polar surface area (TPSA) is 26.3 Å². The Labute approximate surface area is 326 Å². The highest BCUT2D eigenvalue weighted by Crippen LogP contribution is 2.38. The molecule has 0 radical (unpaired) electrons. The molecule has 0 saturated carbocycles. The molecule has 0 aliphatic rings. The van der Waals surface area contributed by atoms with E-state index >= 15 is 0 Å². The van der Waals surface area contributed by atoms with Gasteiger partial charge in [-0.2, -0.15) is 0 Å². The summed E-state index contributed by atoms with van der Waals surface area (Å²) in [6, 6.07) is 30.0. The van der Waals surface area contributed by atoms with E-state index < -0.39 is 0 Å². The molecular formula is C49H16ClO2S2+. The van der Waals surface area contributed by atoms with Crippen molar-refractivity contribution in [3.63, 3.8) is 0 Å². The highest BCUT2D eigenvalue weighted by Gasteiger charge is 2.29. The van der Waals surface area contributed by atoms with E-state index in [-0.39, 0.29) is 16.3 Å². The summed E-state index contributed by atoms with van der Waals surface area (Å²) in [7, 11) is -0.378. The van der Waals surface area contributed by atoms with E-state index in [1.807, 2.05) is 48.5 Å². The highest BCUT2D eigenvalue weighted by atomic mass is 35.5. The normalized spacial score (nSPS) is 8.17. The minimum atomic E-state index is -0.378. The van der Waals surface area contributed by atoms with Crippen LogP contribution in [0.25, 0.3) is 20.2 Å². The Morgan fingerprint density at radius 2 is 1.00 bits per heavy atom. The Bertz CT molecular complexity index is 3090. The fraction of sp³-hybridized carbons (Fsp3) is 0. The molecule has 1 heterocycles. The van der Waals surface area contributed by atoms with Crippen molar-refractivity contribution in [2.45, 2.75) is 14.7 Å². The monoisotopic (exact) mass is 735 g/mol. The second kappa shape index (κ2) is 20.6. The number of halogens is 1. The number of rotatable bonds is 4. The summed E-state index contributed by atoms with van der Waals surface area (Å²) in [5.74, 6) is 55.3. The van der Waals surface area contributed by atoms with Gasteiger partial charge in [-0.15, -0.1) is 17.8 Å². The van der Waals surface area contributed by atoms with Crippen molar-refractivity contribution < 1.29 is 4.74 Å². The second-order valence-corrected chi connectivity index (χ2v) is 13.2. The molecule has 0 aliphatic heterocycles. The number of terminal acetylenes is 1. The molecule has 0 amide bonds. The van der Waals surface area contributed by atoms with Crippen LogP contribution in [0.2, 0.25) is 5.02 Å². The SMILES string of the molecule is C#CC#CC#CC#CC#CC#CC#CC#CC#CC#CC#CC#COc1ccc(Cl)c2c(=O)c3ccc([S+](c4ccccc4)c4ccccc4)cc3sc12. The molecule has 242 valence electrons. The van der Waals surface area contributed by atoms with Crippen molar-refractivity contribution >= 4 is 54.0 Å². The van der Waals surface area contributed by atoms with Gasteiger partial charge in [0.25, 0.3) is 0 Å². The van der Waals surface area contributed by atoms with Crippen LogP contribution in [0.4, 0.5) is 0 Å². The smallest absolute Gasteiger partial charge is 0.197 e. The van der Waals surface area contributed by atoms with Crippen molar-refractivity contribution in [1.29, 1.82) is 0 Å². The number of ether oxygens (including phenoxy) is 1. The molecule has 2 nitrogen and oxygen atoms in total. The maximum Gasteiger partial charge on any atom is 0.197 e. The van der Waals surface area contributed by atoms with Gasteiger partial charge in [-0.05, 0) is 95.9 Å². The Balaban J connectivity index is 1.27. The third-order valence-corrected chi connectivity index (χ3v) is 10.1. The van der Waals surface area contributed by atoms with E-state index in [1.54, 1.807) is 12.1 Å². The Hall–Kier alpha value is -8.07. The average Bonchev–Trinajstić information content (AvgIpc) is 3.20. The molecule has 54 heavy (non-hydrogen) atoms. The van der Waals surface area contributed by atoms with Gasteiger partial charge < -0.3 is 4.74 Å². The van der Waals surface area contributed by atoms with Crippen LogP contribution in [0.15, 0.2) is 110 Å². The second-order valence-electron chi connectivity index (χ2n) is 9.74. The van der Waals surface area contributed by atoms with Gasteiger partial charge in [0.1, 0.15) is 6.11 Å². The first-order valence-electron chi connectivity index (χ1n) is 15.3. The Kier molecular flexibility index (Phi) is 14.2. The Morgan fingerprint density at radius 1 is 0.537 bits per heavy atom. The van der Waals surface area contributed by atoms with Crippen molar-refractivity contribution in [3.05, 3.63) is 106 Å². The van der Waals surface area contributed by atoms with E-state index in [4.69, 9.17) is 22.8 Å². The van der Waals surface area contributed by atoms with Crippen LogP contribution in [-0.4, -0.2) is 0 Å². The first-order valence-corrected chi connectivity index (χ1v) is 17.7. The predicted molar refractivity (Wildman–Crippen MR) is 221 cm³/mol. The van der Waals surface area contributed by atoms with Gasteiger partial charge >= 0.3 is 0 Å². The lowest BCUT2D eigenvalue weighted by molar-refractivity contribution is 0.527. The van der Waals surface area contributed by atoms with Gasteiger partial charge in [0.2, 0.25) is 0 Å². The molecular weight excluding hydrogens is 720 g/mol. The van der Waals surface area contributed by atoms with Crippen LogP contribution in [0.1, 0.15) is 0 Å². The lowest BCUT2D eigenvalue weighted by atomic mass is 10.2. The van der Waals surface area contributed by atoms with Gasteiger partial charge in [-0.3, -0.25) is 4.79 Å². The van der Waals surface area contributed by atoms with Gasteiger partial charge in [-0.25, -0.2) is 0 Å². The molecule has 1 aromatic heterocycles. The molecule has 0 fully saturated rings. The van der Waals surface area contributed by atoms with Crippen molar-refractivity contribution in [1.82, 2.24) is 0 Å². The van der Waals surface area contributed by atoms with Crippen molar-refractivity contribution in [3.8, 4) is 149 Å². The first kappa shape index (κ1) is 37.2. The fourth-order valence-corrected chi connectivity index (χ4v) is 8.02. The summed E-state index contributed by atoms with van der Waals surface area (Å²) in [6.45, 7) is 0. The zero-order chi connectivity index (χ0) is 37.6. The molecule has 5 heteroatoms. The predicted octanol–water partition coefficient (Wildman–Crippen LogP) is 7.17. The minimum Gasteiger partial charge on any atom is -0.405 e. The molecule has 0 atom stereocenters. The standard InChI is InChI=1S/C49H16ClO2S2/c1-2-3-4-5-6-7-8-9-10-11-12-13-14-15-16-17-18-19-20-21-22-29-38-52-45-37-36-44(50)47-48(51)43-35-34-42(39-46(43)53-49(45)47)54(40-30-25-23-26-31-40)41-32-27-24-28-33-41/h1,23-28,30-37,39H/q+1. The maximum atomic E-state index is 13.7. The summed E-state index contributed by atoms with van der Waals surface area (Å²) in [5, 5.41) is 1.31. The van der Waals surface area contributed by atoms with Gasteiger partial charge in [0, 0.05) is 99.0 Å². The number of fused-ring (bicyclic) bond motifs is 2. The summed E-state index contributed by atoms with van der Waals surface area (Å²) in [4.78, 5) is 17.1. The maximum absolute atomic E-state index is 13.7. The number of benzene rings is 4. The molecule has 0 unspecified atom stereocenters. The van der Waals surface area contributed by atoms with Crippen molar-refractivity contribution in [2.75, 3.05) is 0 Å². The first-order chi connectivity index (χ1) is 26.7. The molecule has 0 saturated heterocycles. The van der Waals surface area contributed by atoms with Crippen LogP contribution in [0.5, 0.6) is 5.75 Å². The van der Waals surface area contributed by atoms with E-state index in [1.165, 1.54) is 21.1 Å². The fourth-order valence-electron chi connectivity index (χ4n) is 4.34. The van der Waals surface area contributed by atoms with Crippen LogP contribution < -0.4 is 10.2 Å². The molecule has 0 N–H and O–H groups in total. The zero-order valence-electron chi connectivity index (χ0n) is 27.7. The third-order valence-electron chi connectivity index (χ3n) is 6.44. The Morgan fingerprint density at radius 3 is 1.48 bits per heavy atom. The van der Waals surface area contributed by atoms with Crippen LogP contribution in [0.3, 0.4) is 0 Å². The highest BCUT2D eigenvalue weighted by molar-refractivity contribution is 7.97. The molecule has 4 aromatic carbocycles. The molecule has 0 aliphatic carbocycles. The number of hydrogen-bond donors (Lipinski definition) is 0. The third kappa shape index (κ3) is 10.7. The quantitative estimate of drug-likeness (QED) is 0.111. The summed E-state index contributed by atoms with van der Waals surface area (Å²) in [5.41, 5.74) is -0.172. The van der Waals surface area contributed by atoms with E-state index in [0.29, 0.717) is 26.2 Å². The van der Waals surface area contributed by atoms with Gasteiger partial charge in [0.05, 0.1) is 26.0 Å². The molecule has 5 rings (SSSR count). The van der Waals surface area contributed by atoms with Crippen LogP contribution in [-0.2, 0) is 10.9 Å². The largest absolute Gasteiger partial charge is 0.405 e. The lowest BCUT2D eigenvalue weighted by Gasteiger charge is -2.10. The zero-order valence-corrected chi connectivity index (χ0v) is 30.1.